The van der Waals surface area contributed by atoms with E-state index in [-0.39, 0.29) is 5.82 Å². The maximum Gasteiger partial charge on any atom is 0.203 e. The van der Waals surface area contributed by atoms with Gasteiger partial charge in [0.05, 0.1) is 13.2 Å². The van der Waals surface area contributed by atoms with Crippen molar-refractivity contribution in [3.8, 4) is 11.5 Å². The van der Waals surface area contributed by atoms with Gasteiger partial charge in [-0.15, -0.1) is 20.5 Å². The number of allylic oxidation sites excluding steroid dienone is 3. The lowest BCUT2D eigenvalue weighted by atomic mass is 10.2. The van der Waals surface area contributed by atoms with Crippen molar-refractivity contribution in [2.24, 2.45) is 20.5 Å². The van der Waals surface area contributed by atoms with Gasteiger partial charge in [-0.25, -0.2) is 5.06 Å². The zero-order valence-corrected chi connectivity index (χ0v) is 15.5. The number of hydrogen-bond donors (Lipinski definition) is 1. The van der Waals surface area contributed by atoms with Crippen LogP contribution < -0.4 is 9.47 Å². The summed E-state index contributed by atoms with van der Waals surface area (Å²) in [5.74, 6) is 1.55. The summed E-state index contributed by atoms with van der Waals surface area (Å²) in [4.78, 5) is 0. The van der Waals surface area contributed by atoms with Crippen molar-refractivity contribution in [2.75, 3.05) is 13.2 Å². The quantitative estimate of drug-likeness (QED) is 0.629. The van der Waals surface area contributed by atoms with E-state index in [2.05, 4.69) is 20.5 Å². The Bertz CT molecular complexity index is 949. The van der Waals surface area contributed by atoms with E-state index >= 15 is 0 Å². The molecule has 29 heavy (non-hydrogen) atoms. The minimum Gasteiger partial charge on any atom is -0.491 e. The summed E-state index contributed by atoms with van der Waals surface area (Å²) in [6.07, 6.45) is 7.00. The largest absolute Gasteiger partial charge is 0.491 e. The van der Waals surface area contributed by atoms with Crippen LogP contribution in [0.3, 0.4) is 0 Å². The Labute approximate surface area is 167 Å². The summed E-state index contributed by atoms with van der Waals surface area (Å²) >= 11 is 0. The van der Waals surface area contributed by atoms with E-state index in [0.717, 1.165) is 5.06 Å². The molecule has 2 aromatic rings. The lowest BCUT2D eigenvalue weighted by Gasteiger charge is -2.12. The Balaban J connectivity index is 1.77. The topological polar surface area (TPSA) is 91.4 Å². The predicted octanol–water partition coefficient (Wildman–Crippen LogP) is 5.66. The first-order valence-electron chi connectivity index (χ1n) is 9.15. The maximum atomic E-state index is 9.49. The van der Waals surface area contributed by atoms with Crippen LogP contribution in [0.25, 0.3) is 0 Å². The smallest absolute Gasteiger partial charge is 0.203 e. The van der Waals surface area contributed by atoms with Crippen molar-refractivity contribution >= 4 is 11.4 Å². The number of para-hydroxylation sites is 2. The molecule has 4 rings (SSSR count). The molecule has 0 saturated heterocycles. The molecule has 0 spiro atoms. The predicted molar refractivity (Wildman–Crippen MR) is 106 cm³/mol. The molecule has 0 bridgehead atoms. The lowest BCUT2D eigenvalue weighted by Crippen LogP contribution is -2.05. The van der Waals surface area contributed by atoms with Gasteiger partial charge in [0, 0.05) is 24.4 Å². The van der Waals surface area contributed by atoms with Gasteiger partial charge in [0.1, 0.15) is 22.9 Å². The van der Waals surface area contributed by atoms with Gasteiger partial charge in [-0.3, -0.25) is 5.21 Å². The van der Waals surface area contributed by atoms with Gasteiger partial charge >= 0.3 is 0 Å². The molecule has 0 aliphatic carbocycles. The number of fused-ring (bicyclic) bond motifs is 2. The summed E-state index contributed by atoms with van der Waals surface area (Å²) in [6, 6.07) is 14.8. The summed E-state index contributed by atoms with van der Waals surface area (Å²) in [7, 11) is 0. The average molecular weight is 389 g/mol. The van der Waals surface area contributed by atoms with E-state index in [1.54, 1.807) is 12.2 Å². The fourth-order valence-electron chi connectivity index (χ4n) is 2.65. The van der Waals surface area contributed by atoms with Crippen LogP contribution in [0.4, 0.5) is 11.4 Å². The number of nitrogens with zero attached hydrogens (tertiary/aromatic N) is 5. The number of hydroxylamine groups is 2. The van der Waals surface area contributed by atoms with Gasteiger partial charge < -0.3 is 9.47 Å². The van der Waals surface area contributed by atoms with Crippen LogP contribution in [0.2, 0.25) is 0 Å². The molecule has 2 heterocycles. The molecule has 146 valence electrons. The molecular weight excluding hydrogens is 370 g/mol. The fourth-order valence-corrected chi connectivity index (χ4v) is 2.65. The lowest BCUT2D eigenvalue weighted by molar-refractivity contribution is 0.0105. The Morgan fingerprint density at radius 3 is 1.79 bits per heavy atom. The molecule has 0 saturated carbocycles. The highest BCUT2D eigenvalue weighted by Gasteiger charge is 2.09. The van der Waals surface area contributed by atoms with E-state index in [1.807, 2.05) is 48.5 Å². The molecule has 1 N–H and O–H groups in total. The van der Waals surface area contributed by atoms with Crippen molar-refractivity contribution in [3.63, 3.8) is 0 Å². The monoisotopic (exact) mass is 389 g/mol. The van der Waals surface area contributed by atoms with Crippen molar-refractivity contribution in [1.29, 1.82) is 0 Å². The third-order valence-electron chi connectivity index (χ3n) is 4.11. The first-order chi connectivity index (χ1) is 14.3. The summed E-state index contributed by atoms with van der Waals surface area (Å²) in [5, 5.41) is 27.7. The SMILES string of the molecule is ON1C=CC(=C2N=Nc3ccccc3OCCCOc3ccccc3N=N2)C=C1. The number of benzene rings is 2. The number of ether oxygens (including phenoxy) is 2. The van der Waals surface area contributed by atoms with Crippen LogP contribution >= 0.6 is 0 Å². The molecule has 0 atom stereocenters. The number of azo groups is 2. The molecule has 2 aliphatic heterocycles. The van der Waals surface area contributed by atoms with E-state index in [0.29, 0.717) is 48.1 Å². The van der Waals surface area contributed by atoms with Crippen molar-refractivity contribution in [2.45, 2.75) is 6.42 Å². The molecule has 2 aromatic carbocycles. The number of rotatable bonds is 0. The fraction of sp³-hybridized carbons (Fsp3) is 0.143. The van der Waals surface area contributed by atoms with Crippen molar-refractivity contribution in [1.82, 2.24) is 5.06 Å². The van der Waals surface area contributed by atoms with E-state index < -0.39 is 0 Å². The Morgan fingerprint density at radius 2 is 1.24 bits per heavy atom. The average Bonchev–Trinajstić information content (AvgIpc) is 2.75. The molecule has 2 aliphatic rings. The van der Waals surface area contributed by atoms with Gasteiger partial charge in [0.25, 0.3) is 0 Å². The van der Waals surface area contributed by atoms with Gasteiger partial charge in [0.2, 0.25) is 5.82 Å². The Kier molecular flexibility index (Phi) is 5.73. The van der Waals surface area contributed by atoms with Gasteiger partial charge in [-0.1, -0.05) is 24.3 Å². The van der Waals surface area contributed by atoms with Gasteiger partial charge in [-0.05, 0) is 36.4 Å². The summed E-state index contributed by atoms with van der Waals surface area (Å²) < 4.78 is 11.7. The van der Waals surface area contributed by atoms with Crippen molar-refractivity contribution in [3.05, 3.63) is 84.5 Å². The highest BCUT2D eigenvalue weighted by Crippen LogP contribution is 2.31. The maximum absolute atomic E-state index is 9.49. The second-order valence-corrected chi connectivity index (χ2v) is 6.18. The molecule has 0 fully saturated rings. The second-order valence-electron chi connectivity index (χ2n) is 6.18. The highest BCUT2D eigenvalue weighted by molar-refractivity contribution is 5.52. The van der Waals surface area contributed by atoms with E-state index in [4.69, 9.17) is 9.47 Å². The van der Waals surface area contributed by atoms with E-state index in [1.165, 1.54) is 12.4 Å². The minimum absolute atomic E-state index is 0.285. The van der Waals surface area contributed by atoms with E-state index in [9.17, 15) is 5.21 Å². The van der Waals surface area contributed by atoms with Crippen LogP contribution in [-0.2, 0) is 0 Å². The second kappa shape index (κ2) is 8.94. The van der Waals surface area contributed by atoms with Crippen LogP contribution in [0.1, 0.15) is 6.42 Å². The standard InChI is InChI=1S/C21H19N5O3/c27-26-12-10-16(11-13-26)21-24-22-17-6-1-3-8-19(17)28-14-5-15-29-20-9-4-2-7-18(20)23-25-21/h1-4,6-13,27H,5,14-15H2. The third-order valence-corrected chi connectivity index (χ3v) is 4.11. The molecule has 0 unspecified atom stereocenters. The highest BCUT2D eigenvalue weighted by atomic mass is 16.5. The van der Waals surface area contributed by atoms with Gasteiger partial charge in [-0.2, -0.15) is 0 Å². The third kappa shape index (κ3) is 4.74. The van der Waals surface area contributed by atoms with Crippen LogP contribution in [0.5, 0.6) is 11.5 Å². The minimum atomic E-state index is 0.285. The van der Waals surface area contributed by atoms with Crippen LogP contribution in [-0.4, -0.2) is 23.5 Å². The van der Waals surface area contributed by atoms with Crippen molar-refractivity contribution < 1.29 is 14.7 Å². The first kappa shape index (κ1) is 18.6. The Morgan fingerprint density at radius 1 is 0.724 bits per heavy atom. The molecule has 8 nitrogen and oxygen atoms in total. The summed E-state index contributed by atoms with van der Waals surface area (Å²) in [5.41, 5.74) is 1.82. The van der Waals surface area contributed by atoms with Crippen LogP contribution in [0.15, 0.2) is 105 Å². The molecule has 0 aromatic heterocycles. The zero-order valence-electron chi connectivity index (χ0n) is 15.5. The molecular formula is C21H19N5O3. The number of hydrogen-bond acceptors (Lipinski definition) is 8. The molecule has 0 amide bonds. The first-order valence-corrected chi connectivity index (χ1v) is 9.15. The summed E-state index contributed by atoms with van der Waals surface area (Å²) in [6.45, 7) is 0.976. The Hall–Kier alpha value is -3.78. The normalized spacial score (nSPS) is 16.5. The molecule has 0 radical (unpaired) electrons. The zero-order chi connectivity index (χ0) is 19.9. The van der Waals surface area contributed by atoms with Gasteiger partial charge in [0.15, 0.2) is 0 Å². The molecule has 8 heteroatoms. The van der Waals surface area contributed by atoms with Crippen LogP contribution in [0, 0.1) is 0 Å².